The average Bonchev–Trinajstić information content (AvgIpc) is 2.38. The Morgan fingerprint density at radius 3 is 2.44 bits per heavy atom. The van der Waals surface area contributed by atoms with E-state index in [4.69, 9.17) is 11.6 Å². The van der Waals surface area contributed by atoms with Crippen LogP contribution in [0.2, 0.25) is 5.02 Å². The maximum Gasteiger partial charge on any atom is 0.186 e. The highest BCUT2D eigenvalue weighted by Crippen LogP contribution is 2.19. The van der Waals surface area contributed by atoms with Gasteiger partial charge in [0.25, 0.3) is 0 Å². The van der Waals surface area contributed by atoms with Crippen molar-refractivity contribution in [2.75, 3.05) is 0 Å². The Labute approximate surface area is 119 Å². The molecule has 0 N–H and O–H groups in total. The van der Waals surface area contributed by atoms with Crippen LogP contribution in [0.25, 0.3) is 6.08 Å². The first-order valence-electron chi connectivity index (χ1n) is 5.40. The van der Waals surface area contributed by atoms with Gasteiger partial charge in [0.05, 0.1) is 0 Å². The van der Waals surface area contributed by atoms with Crippen molar-refractivity contribution >= 4 is 39.4 Å². The molecule has 0 spiro atoms. The Hall–Kier alpha value is -1.38. The van der Waals surface area contributed by atoms with Gasteiger partial charge in [-0.15, -0.1) is 0 Å². The summed E-state index contributed by atoms with van der Waals surface area (Å²) in [5, 5.41) is 0.633. The summed E-state index contributed by atoms with van der Waals surface area (Å²) in [6.45, 7) is 0. The zero-order valence-corrected chi connectivity index (χ0v) is 11.8. The summed E-state index contributed by atoms with van der Waals surface area (Å²) in [6, 6.07) is 14.7. The molecule has 90 valence electrons. The third kappa shape index (κ3) is 3.09. The van der Waals surface area contributed by atoms with E-state index >= 15 is 0 Å². The first-order chi connectivity index (χ1) is 8.68. The van der Waals surface area contributed by atoms with E-state index in [1.165, 1.54) is 6.08 Å². The lowest BCUT2D eigenvalue weighted by Crippen LogP contribution is -1.94. The van der Waals surface area contributed by atoms with E-state index in [0.29, 0.717) is 10.6 Å². The Morgan fingerprint density at radius 1 is 1.06 bits per heavy atom. The normalized spacial score (nSPS) is 10.8. The summed E-state index contributed by atoms with van der Waals surface area (Å²) < 4.78 is 0.791. The summed E-state index contributed by atoms with van der Waals surface area (Å²) in [4.78, 5) is 12.0. The molecule has 0 saturated heterocycles. The predicted octanol–water partition coefficient (Wildman–Crippen LogP) is 5.00. The number of carbonyl (C=O) groups excluding carboxylic acids is 1. The SMILES string of the molecule is O=C(/C=C/c1ccccc1Cl)c1ccccc1Br. The van der Waals surface area contributed by atoms with E-state index in [0.717, 1.165) is 10.0 Å². The van der Waals surface area contributed by atoms with E-state index in [2.05, 4.69) is 15.9 Å². The second-order valence-electron chi connectivity index (χ2n) is 3.70. The van der Waals surface area contributed by atoms with Crippen molar-refractivity contribution in [3.8, 4) is 0 Å². The molecule has 18 heavy (non-hydrogen) atoms. The Morgan fingerprint density at radius 2 is 1.72 bits per heavy atom. The monoisotopic (exact) mass is 320 g/mol. The number of carbonyl (C=O) groups is 1. The molecule has 0 saturated carbocycles. The van der Waals surface area contributed by atoms with E-state index in [9.17, 15) is 4.79 Å². The molecular formula is C15H10BrClO. The molecule has 0 aliphatic heterocycles. The van der Waals surface area contributed by atoms with Crippen LogP contribution >= 0.6 is 27.5 Å². The molecule has 0 aliphatic carbocycles. The summed E-state index contributed by atoms with van der Waals surface area (Å²) >= 11 is 9.37. The molecule has 1 nitrogen and oxygen atoms in total. The fourth-order valence-electron chi connectivity index (χ4n) is 1.53. The molecule has 0 amide bonds. The number of hydrogen-bond acceptors (Lipinski definition) is 1. The molecule has 2 aromatic rings. The van der Waals surface area contributed by atoms with Gasteiger partial charge < -0.3 is 0 Å². The van der Waals surface area contributed by atoms with Crippen LogP contribution in [-0.2, 0) is 0 Å². The topological polar surface area (TPSA) is 17.1 Å². The quantitative estimate of drug-likeness (QED) is 0.574. The van der Waals surface area contributed by atoms with Crippen LogP contribution in [0.15, 0.2) is 59.1 Å². The predicted molar refractivity (Wildman–Crippen MR) is 79.0 cm³/mol. The molecule has 0 fully saturated rings. The van der Waals surface area contributed by atoms with Gasteiger partial charge in [-0.1, -0.05) is 57.9 Å². The molecule has 0 atom stereocenters. The van der Waals surface area contributed by atoms with Crippen LogP contribution < -0.4 is 0 Å². The zero-order valence-electron chi connectivity index (χ0n) is 9.44. The summed E-state index contributed by atoms with van der Waals surface area (Å²) in [5.74, 6) is -0.0533. The van der Waals surface area contributed by atoms with Gasteiger partial charge in [0.15, 0.2) is 5.78 Å². The minimum atomic E-state index is -0.0533. The first-order valence-corrected chi connectivity index (χ1v) is 6.57. The van der Waals surface area contributed by atoms with Crippen molar-refractivity contribution in [1.82, 2.24) is 0 Å². The Kier molecular flexibility index (Phi) is 4.34. The number of ketones is 1. The van der Waals surface area contributed by atoms with Crippen molar-refractivity contribution in [1.29, 1.82) is 0 Å². The molecule has 0 aromatic heterocycles. The number of benzene rings is 2. The second-order valence-corrected chi connectivity index (χ2v) is 4.96. The van der Waals surface area contributed by atoms with E-state index in [1.54, 1.807) is 18.2 Å². The highest BCUT2D eigenvalue weighted by atomic mass is 79.9. The van der Waals surface area contributed by atoms with Crippen LogP contribution in [0.1, 0.15) is 15.9 Å². The van der Waals surface area contributed by atoms with Gasteiger partial charge in [0.1, 0.15) is 0 Å². The fourth-order valence-corrected chi connectivity index (χ4v) is 2.21. The summed E-state index contributed by atoms with van der Waals surface area (Å²) in [6.07, 6.45) is 3.26. The average molecular weight is 322 g/mol. The lowest BCUT2D eigenvalue weighted by atomic mass is 10.1. The van der Waals surface area contributed by atoms with E-state index in [-0.39, 0.29) is 5.78 Å². The highest BCUT2D eigenvalue weighted by Gasteiger charge is 2.05. The van der Waals surface area contributed by atoms with E-state index < -0.39 is 0 Å². The van der Waals surface area contributed by atoms with Gasteiger partial charge in [0, 0.05) is 15.1 Å². The van der Waals surface area contributed by atoms with Crippen LogP contribution in [0, 0.1) is 0 Å². The maximum absolute atomic E-state index is 12.0. The Bertz CT molecular complexity index is 605. The largest absolute Gasteiger partial charge is 0.289 e. The molecule has 3 heteroatoms. The second kappa shape index (κ2) is 5.98. The summed E-state index contributed by atoms with van der Waals surface area (Å²) in [7, 11) is 0. The van der Waals surface area contributed by atoms with Crippen LogP contribution in [0.4, 0.5) is 0 Å². The van der Waals surface area contributed by atoms with Crippen molar-refractivity contribution in [3.05, 3.63) is 75.2 Å². The van der Waals surface area contributed by atoms with Crippen LogP contribution in [0.3, 0.4) is 0 Å². The number of halogens is 2. The molecule has 2 rings (SSSR count). The lowest BCUT2D eigenvalue weighted by Gasteiger charge is -1.99. The molecule has 0 aliphatic rings. The van der Waals surface area contributed by atoms with Crippen molar-refractivity contribution in [2.24, 2.45) is 0 Å². The van der Waals surface area contributed by atoms with E-state index in [1.807, 2.05) is 36.4 Å². The van der Waals surface area contributed by atoms with Crippen molar-refractivity contribution in [3.63, 3.8) is 0 Å². The first kappa shape index (κ1) is 13.1. The number of allylic oxidation sites excluding steroid dienone is 1. The molecular weight excluding hydrogens is 312 g/mol. The van der Waals surface area contributed by atoms with Crippen LogP contribution in [-0.4, -0.2) is 5.78 Å². The van der Waals surface area contributed by atoms with Crippen molar-refractivity contribution in [2.45, 2.75) is 0 Å². The molecule has 2 aromatic carbocycles. The standard InChI is InChI=1S/C15H10BrClO/c16-13-7-3-2-6-12(13)15(18)10-9-11-5-1-4-8-14(11)17/h1-10H/b10-9+. The Balaban J connectivity index is 2.23. The summed E-state index contributed by atoms with van der Waals surface area (Å²) in [5.41, 5.74) is 1.47. The third-order valence-electron chi connectivity index (χ3n) is 2.46. The van der Waals surface area contributed by atoms with Gasteiger partial charge in [-0.3, -0.25) is 4.79 Å². The van der Waals surface area contributed by atoms with Crippen LogP contribution in [0.5, 0.6) is 0 Å². The van der Waals surface area contributed by atoms with Gasteiger partial charge in [0.2, 0.25) is 0 Å². The third-order valence-corrected chi connectivity index (χ3v) is 3.49. The molecule has 0 heterocycles. The minimum absolute atomic E-state index is 0.0533. The number of rotatable bonds is 3. The fraction of sp³-hybridized carbons (Fsp3) is 0. The smallest absolute Gasteiger partial charge is 0.186 e. The van der Waals surface area contributed by atoms with Gasteiger partial charge in [-0.2, -0.15) is 0 Å². The maximum atomic E-state index is 12.0. The van der Waals surface area contributed by atoms with Gasteiger partial charge in [-0.05, 0) is 35.9 Å². The number of hydrogen-bond donors (Lipinski definition) is 0. The molecule has 0 unspecified atom stereocenters. The highest BCUT2D eigenvalue weighted by molar-refractivity contribution is 9.10. The van der Waals surface area contributed by atoms with Crippen molar-refractivity contribution < 1.29 is 4.79 Å². The molecule has 0 bridgehead atoms. The van der Waals surface area contributed by atoms with Gasteiger partial charge in [-0.25, -0.2) is 0 Å². The lowest BCUT2D eigenvalue weighted by molar-refractivity contribution is 0.104. The van der Waals surface area contributed by atoms with Gasteiger partial charge >= 0.3 is 0 Å². The molecule has 0 radical (unpaired) electrons. The zero-order chi connectivity index (χ0) is 13.0. The minimum Gasteiger partial charge on any atom is -0.289 e.